The second kappa shape index (κ2) is 10.3. The summed E-state index contributed by atoms with van der Waals surface area (Å²) < 4.78 is 74.5. The van der Waals surface area contributed by atoms with Crippen molar-refractivity contribution in [1.82, 2.24) is 24.7 Å². The number of anilines is 1. The molecule has 1 saturated carbocycles. The molecule has 4 rings (SSSR count). The Hall–Kier alpha value is -3.10. The van der Waals surface area contributed by atoms with E-state index in [1.165, 1.54) is 45.2 Å². The molecule has 11 nitrogen and oxygen atoms in total. The van der Waals surface area contributed by atoms with Crippen LogP contribution in [0, 0.1) is 0 Å². The van der Waals surface area contributed by atoms with Crippen molar-refractivity contribution in [2.75, 3.05) is 26.1 Å². The molecule has 1 N–H and O–H groups in total. The van der Waals surface area contributed by atoms with Gasteiger partial charge in [-0.25, -0.2) is 27.2 Å². The summed E-state index contributed by atoms with van der Waals surface area (Å²) in [6.07, 6.45) is 0.690. The number of hydrogen-bond donors (Lipinski definition) is 1. The molecule has 0 amide bonds. The Bertz CT molecular complexity index is 1340. The molecule has 3 aromatic rings. The SMILES string of the molecule is COc1cccc(OC)c1-n1c(NS(=O)(=O)C(C)C(OC)c2ncc(Cl)cn2)nnc1C1CC(F)(F)C1. The van der Waals surface area contributed by atoms with Gasteiger partial charge in [0.1, 0.15) is 34.4 Å². The monoisotopic (exact) mass is 558 g/mol. The van der Waals surface area contributed by atoms with Crippen LogP contribution in [0.25, 0.3) is 5.69 Å². The number of para-hydroxylation sites is 1. The van der Waals surface area contributed by atoms with E-state index in [9.17, 15) is 17.2 Å². The molecule has 0 radical (unpaired) electrons. The van der Waals surface area contributed by atoms with Crippen molar-refractivity contribution < 1.29 is 31.4 Å². The van der Waals surface area contributed by atoms with Crippen LogP contribution in [0.15, 0.2) is 30.6 Å². The molecule has 0 saturated heterocycles. The van der Waals surface area contributed by atoms with Gasteiger partial charge in [-0.3, -0.25) is 9.29 Å². The van der Waals surface area contributed by atoms with E-state index in [1.54, 1.807) is 18.2 Å². The number of rotatable bonds is 10. The normalized spacial score (nSPS) is 17.1. The highest BCUT2D eigenvalue weighted by molar-refractivity contribution is 7.93. The zero-order chi connectivity index (χ0) is 27.0. The van der Waals surface area contributed by atoms with Gasteiger partial charge < -0.3 is 14.2 Å². The third-order valence-electron chi connectivity index (χ3n) is 6.07. The smallest absolute Gasteiger partial charge is 0.249 e. The Labute approximate surface area is 217 Å². The number of benzene rings is 1. The molecule has 1 aliphatic rings. The minimum atomic E-state index is -4.22. The molecule has 0 aliphatic heterocycles. The maximum atomic E-state index is 13.7. The van der Waals surface area contributed by atoms with Crippen molar-refractivity contribution >= 4 is 27.6 Å². The van der Waals surface area contributed by atoms with Crippen LogP contribution in [-0.4, -0.2) is 65.7 Å². The molecule has 2 atom stereocenters. The van der Waals surface area contributed by atoms with Crippen LogP contribution in [0.4, 0.5) is 14.7 Å². The molecular formula is C22H25ClF2N6O5S. The van der Waals surface area contributed by atoms with Gasteiger partial charge in [0, 0.05) is 38.3 Å². The molecule has 1 fully saturated rings. The zero-order valence-corrected chi connectivity index (χ0v) is 21.9. The predicted molar refractivity (Wildman–Crippen MR) is 130 cm³/mol. The first-order valence-electron chi connectivity index (χ1n) is 11.1. The first-order chi connectivity index (χ1) is 17.5. The third kappa shape index (κ3) is 5.31. The van der Waals surface area contributed by atoms with Crippen LogP contribution in [-0.2, 0) is 14.8 Å². The average Bonchev–Trinajstić information content (AvgIpc) is 3.25. The van der Waals surface area contributed by atoms with Gasteiger partial charge in [-0.15, -0.1) is 10.2 Å². The minimum absolute atomic E-state index is 0.107. The first kappa shape index (κ1) is 26.9. The Balaban J connectivity index is 1.77. The molecule has 0 spiro atoms. The summed E-state index contributed by atoms with van der Waals surface area (Å²) in [7, 11) is -0.0571. The first-order valence-corrected chi connectivity index (χ1v) is 13.0. The van der Waals surface area contributed by atoms with Crippen LogP contribution in [0.5, 0.6) is 11.5 Å². The number of aromatic nitrogens is 5. The van der Waals surface area contributed by atoms with E-state index in [2.05, 4.69) is 24.9 Å². The van der Waals surface area contributed by atoms with Gasteiger partial charge in [-0.2, -0.15) is 0 Å². The van der Waals surface area contributed by atoms with E-state index in [0.717, 1.165) is 0 Å². The quantitative estimate of drug-likeness (QED) is 0.395. The lowest BCUT2D eigenvalue weighted by Gasteiger charge is -2.34. The zero-order valence-electron chi connectivity index (χ0n) is 20.4. The van der Waals surface area contributed by atoms with Crippen LogP contribution in [0.2, 0.25) is 5.02 Å². The highest BCUT2D eigenvalue weighted by atomic mass is 35.5. The molecule has 2 aromatic heterocycles. The number of nitrogens with one attached hydrogen (secondary N) is 1. The Morgan fingerprint density at radius 3 is 2.22 bits per heavy atom. The lowest BCUT2D eigenvalue weighted by atomic mass is 9.80. The fourth-order valence-electron chi connectivity index (χ4n) is 4.10. The Morgan fingerprint density at radius 2 is 1.70 bits per heavy atom. The van der Waals surface area contributed by atoms with Gasteiger partial charge >= 0.3 is 0 Å². The van der Waals surface area contributed by atoms with E-state index in [1.807, 2.05) is 0 Å². The highest BCUT2D eigenvalue weighted by Gasteiger charge is 2.49. The number of sulfonamides is 1. The van der Waals surface area contributed by atoms with Crippen molar-refractivity contribution in [2.24, 2.45) is 0 Å². The van der Waals surface area contributed by atoms with E-state index < -0.39 is 46.1 Å². The Morgan fingerprint density at radius 1 is 1.11 bits per heavy atom. The molecule has 1 aliphatic carbocycles. The molecule has 2 heterocycles. The summed E-state index contributed by atoms with van der Waals surface area (Å²) in [5.74, 6) is -2.90. The molecule has 37 heavy (non-hydrogen) atoms. The van der Waals surface area contributed by atoms with Crippen LogP contribution < -0.4 is 14.2 Å². The van der Waals surface area contributed by atoms with Crippen molar-refractivity contribution in [3.05, 3.63) is 47.3 Å². The number of ether oxygens (including phenoxy) is 3. The lowest BCUT2D eigenvalue weighted by molar-refractivity contribution is -0.0888. The topological polar surface area (TPSA) is 130 Å². The summed E-state index contributed by atoms with van der Waals surface area (Å²) in [5, 5.41) is 7.16. The molecule has 200 valence electrons. The predicted octanol–water partition coefficient (Wildman–Crippen LogP) is 3.76. The van der Waals surface area contributed by atoms with Gasteiger partial charge in [-0.1, -0.05) is 17.7 Å². The second-order valence-electron chi connectivity index (χ2n) is 8.46. The summed E-state index contributed by atoms with van der Waals surface area (Å²) in [6, 6.07) is 4.91. The largest absolute Gasteiger partial charge is 0.494 e. The number of hydrogen-bond acceptors (Lipinski definition) is 9. The maximum Gasteiger partial charge on any atom is 0.249 e. The second-order valence-corrected chi connectivity index (χ2v) is 10.9. The van der Waals surface area contributed by atoms with Crippen molar-refractivity contribution in [3.63, 3.8) is 0 Å². The third-order valence-corrected chi connectivity index (χ3v) is 7.96. The van der Waals surface area contributed by atoms with Crippen molar-refractivity contribution in [3.8, 4) is 17.2 Å². The van der Waals surface area contributed by atoms with E-state index in [0.29, 0.717) is 11.5 Å². The summed E-state index contributed by atoms with van der Waals surface area (Å²) in [5.41, 5.74) is 0.261. The number of alkyl halides is 2. The fourth-order valence-corrected chi connectivity index (χ4v) is 5.33. The number of methoxy groups -OCH3 is 3. The summed E-state index contributed by atoms with van der Waals surface area (Å²) >= 11 is 5.84. The summed E-state index contributed by atoms with van der Waals surface area (Å²) in [6.45, 7) is 1.41. The van der Waals surface area contributed by atoms with Gasteiger partial charge in [-0.05, 0) is 19.1 Å². The number of nitrogens with zero attached hydrogens (tertiary/aromatic N) is 5. The highest BCUT2D eigenvalue weighted by Crippen LogP contribution is 2.49. The van der Waals surface area contributed by atoms with Gasteiger partial charge in [0.2, 0.25) is 21.9 Å². The lowest BCUT2D eigenvalue weighted by Crippen LogP contribution is -2.36. The van der Waals surface area contributed by atoms with E-state index >= 15 is 0 Å². The Kier molecular flexibility index (Phi) is 7.53. The maximum absolute atomic E-state index is 13.7. The summed E-state index contributed by atoms with van der Waals surface area (Å²) in [4.78, 5) is 8.13. The van der Waals surface area contributed by atoms with Crippen molar-refractivity contribution in [2.45, 2.75) is 43.0 Å². The molecular weight excluding hydrogens is 534 g/mol. The van der Waals surface area contributed by atoms with E-state index in [-0.39, 0.29) is 28.3 Å². The van der Waals surface area contributed by atoms with E-state index in [4.69, 9.17) is 25.8 Å². The average molecular weight is 559 g/mol. The van der Waals surface area contributed by atoms with Crippen LogP contribution in [0.1, 0.15) is 43.4 Å². The minimum Gasteiger partial charge on any atom is -0.494 e. The standard InChI is InChI=1S/C22H25ClF2N6O5S/c1-12(18(36-4)19-26-10-14(23)11-27-19)37(32,33)30-21-29-28-20(13-8-22(24,25)9-13)31(21)17-15(34-2)6-5-7-16(17)35-3/h5-7,10-13,18H,8-9H2,1-4H3,(H,29,30). The number of halogens is 3. The molecule has 1 aromatic carbocycles. The van der Waals surface area contributed by atoms with Crippen LogP contribution in [0.3, 0.4) is 0 Å². The van der Waals surface area contributed by atoms with Crippen LogP contribution >= 0.6 is 11.6 Å². The fraction of sp³-hybridized carbons (Fsp3) is 0.455. The van der Waals surface area contributed by atoms with Crippen molar-refractivity contribution in [1.29, 1.82) is 0 Å². The van der Waals surface area contributed by atoms with Gasteiger partial charge in [0.25, 0.3) is 0 Å². The van der Waals surface area contributed by atoms with Gasteiger partial charge in [0.15, 0.2) is 5.82 Å². The molecule has 0 bridgehead atoms. The van der Waals surface area contributed by atoms with Gasteiger partial charge in [0.05, 0.1) is 19.2 Å². The molecule has 2 unspecified atom stereocenters. The molecule has 15 heteroatoms.